The average Bonchev–Trinajstić information content (AvgIpc) is 3.24. The largest absolute Gasteiger partial charge is 0.461 e. The van der Waals surface area contributed by atoms with Crippen molar-refractivity contribution in [2.24, 2.45) is 0 Å². The summed E-state index contributed by atoms with van der Waals surface area (Å²) in [6.07, 6.45) is 4.53. The van der Waals surface area contributed by atoms with Crippen molar-refractivity contribution in [3.8, 4) is 11.6 Å². The number of rotatable bonds is 6. The second kappa shape index (κ2) is 6.19. The summed E-state index contributed by atoms with van der Waals surface area (Å²) in [7, 11) is 0. The maximum Gasteiger partial charge on any atom is 0.241 e. The van der Waals surface area contributed by atoms with Gasteiger partial charge < -0.3 is 8.94 Å². The maximum absolute atomic E-state index is 5.23. The molecule has 3 aromatic rings. The number of thiazole rings is 1. The average molecular weight is 304 g/mol. The predicted octanol–water partition coefficient (Wildman–Crippen LogP) is 3.20. The number of nitrogens with zero attached hydrogens (tertiary/aromatic N) is 3. The van der Waals surface area contributed by atoms with Crippen LogP contribution in [0.25, 0.3) is 11.6 Å². The molecule has 0 aliphatic heterocycles. The zero-order valence-corrected chi connectivity index (χ0v) is 12.7. The van der Waals surface area contributed by atoms with Crippen molar-refractivity contribution in [2.75, 3.05) is 0 Å². The van der Waals surface area contributed by atoms with Gasteiger partial charge in [-0.15, -0.1) is 11.3 Å². The molecule has 0 aliphatic carbocycles. The molecule has 21 heavy (non-hydrogen) atoms. The van der Waals surface area contributed by atoms with E-state index in [1.165, 1.54) is 4.88 Å². The van der Waals surface area contributed by atoms with Crippen molar-refractivity contribution in [3.05, 3.63) is 40.4 Å². The van der Waals surface area contributed by atoms with Gasteiger partial charge in [-0.3, -0.25) is 5.32 Å². The molecule has 0 radical (unpaired) electrons. The van der Waals surface area contributed by atoms with Crippen molar-refractivity contribution in [3.63, 3.8) is 0 Å². The third kappa shape index (κ3) is 3.20. The van der Waals surface area contributed by atoms with E-state index in [-0.39, 0.29) is 6.04 Å². The van der Waals surface area contributed by atoms with Crippen LogP contribution in [0.4, 0.5) is 0 Å². The standard InChI is InChI=1S/C14H16N4O2S/c1-3-10-7-16-14(21-10)9(2)15-8-12-17-13(18-20-12)11-5-4-6-19-11/h4-7,9,15H,3,8H2,1-2H3/t9-/m1/s1. The molecule has 1 N–H and O–H groups in total. The molecule has 6 nitrogen and oxygen atoms in total. The molecule has 0 spiro atoms. The van der Waals surface area contributed by atoms with Crippen LogP contribution in [0.3, 0.4) is 0 Å². The molecule has 3 aromatic heterocycles. The number of hydrogen-bond acceptors (Lipinski definition) is 7. The predicted molar refractivity (Wildman–Crippen MR) is 78.7 cm³/mol. The lowest BCUT2D eigenvalue weighted by Gasteiger charge is -2.08. The van der Waals surface area contributed by atoms with Crippen LogP contribution in [-0.4, -0.2) is 15.1 Å². The fourth-order valence-corrected chi connectivity index (χ4v) is 2.73. The molecule has 0 bridgehead atoms. The van der Waals surface area contributed by atoms with Crippen LogP contribution in [0.15, 0.2) is 33.5 Å². The lowest BCUT2D eigenvalue weighted by Crippen LogP contribution is -2.18. The van der Waals surface area contributed by atoms with Gasteiger partial charge >= 0.3 is 0 Å². The molecular formula is C14H16N4O2S. The summed E-state index contributed by atoms with van der Waals surface area (Å²) < 4.78 is 10.4. The molecule has 110 valence electrons. The first kappa shape index (κ1) is 14.0. The number of aryl methyl sites for hydroxylation is 1. The van der Waals surface area contributed by atoms with E-state index in [0.29, 0.717) is 24.0 Å². The van der Waals surface area contributed by atoms with Gasteiger partial charge in [0.25, 0.3) is 0 Å². The zero-order valence-electron chi connectivity index (χ0n) is 11.9. The number of hydrogen-bond donors (Lipinski definition) is 1. The Kier molecular flexibility index (Phi) is 4.12. The Hall–Kier alpha value is -1.99. The van der Waals surface area contributed by atoms with Gasteiger partial charge in [-0.1, -0.05) is 12.1 Å². The molecule has 0 unspecified atom stereocenters. The second-order valence-electron chi connectivity index (χ2n) is 4.61. The number of nitrogens with one attached hydrogen (secondary N) is 1. The van der Waals surface area contributed by atoms with Crippen molar-refractivity contribution in [1.82, 2.24) is 20.4 Å². The lowest BCUT2D eigenvalue weighted by molar-refractivity contribution is 0.359. The first-order valence-electron chi connectivity index (χ1n) is 6.80. The number of furan rings is 1. The Morgan fingerprint density at radius 1 is 1.43 bits per heavy atom. The highest BCUT2D eigenvalue weighted by molar-refractivity contribution is 7.11. The van der Waals surface area contributed by atoms with E-state index in [1.54, 1.807) is 29.7 Å². The van der Waals surface area contributed by atoms with E-state index in [0.717, 1.165) is 11.4 Å². The quantitative estimate of drug-likeness (QED) is 0.753. The molecule has 0 aliphatic rings. The minimum absolute atomic E-state index is 0.147. The monoisotopic (exact) mass is 304 g/mol. The molecule has 0 amide bonds. The van der Waals surface area contributed by atoms with Gasteiger partial charge in [-0.2, -0.15) is 4.98 Å². The van der Waals surface area contributed by atoms with Crippen LogP contribution in [0.5, 0.6) is 0 Å². The molecule has 0 aromatic carbocycles. The molecule has 0 fully saturated rings. The van der Waals surface area contributed by atoms with Crippen LogP contribution in [0.1, 0.15) is 35.7 Å². The highest BCUT2D eigenvalue weighted by Crippen LogP contribution is 2.21. The third-order valence-corrected chi connectivity index (χ3v) is 4.38. The van der Waals surface area contributed by atoms with Crippen molar-refractivity contribution >= 4 is 11.3 Å². The lowest BCUT2D eigenvalue weighted by atomic mass is 10.3. The van der Waals surface area contributed by atoms with Gasteiger partial charge in [0.2, 0.25) is 11.7 Å². The molecule has 7 heteroatoms. The minimum atomic E-state index is 0.147. The molecule has 0 saturated carbocycles. The fraction of sp³-hybridized carbons (Fsp3) is 0.357. The Morgan fingerprint density at radius 3 is 3.05 bits per heavy atom. The summed E-state index contributed by atoms with van der Waals surface area (Å²) in [4.78, 5) is 10.00. The van der Waals surface area contributed by atoms with Gasteiger partial charge in [-0.25, -0.2) is 4.98 Å². The van der Waals surface area contributed by atoms with E-state index in [1.807, 2.05) is 6.20 Å². The van der Waals surface area contributed by atoms with Crippen LogP contribution < -0.4 is 5.32 Å². The topological polar surface area (TPSA) is 77.0 Å². The second-order valence-corrected chi connectivity index (χ2v) is 5.76. The summed E-state index contributed by atoms with van der Waals surface area (Å²) in [5, 5.41) is 8.29. The smallest absolute Gasteiger partial charge is 0.241 e. The summed E-state index contributed by atoms with van der Waals surface area (Å²) in [5.74, 6) is 1.60. The molecule has 1 atom stereocenters. The third-order valence-electron chi connectivity index (χ3n) is 3.06. The summed E-state index contributed by atoms with van der Waals surface area (Å²) >= 11 is 1.72. The highest BCUT2D eigenvalue weighted by Gasteiger charge is 2.13. The van der Waals surface area contributed by atoms with E-state index in [9.17, 15) is 0 Å². The normalized spacial score (nSPS) is 12.7. The van der Waals surface area contributed by atoms with Gasteiger partial charge in [0.15, 0.2) is 5.76 Å². The van der Waals surface area contributed by atoms with Crippen LogP contribution >= 0.6 is 11.3 Å². The van der Waals surface area contributed by atoms with E-state index >= 15 is 0 Å². The van der Waals surface area contributed by atoms with Crippen molar-refractivity contribution < 1.29 is 8.94 Å². The Bertz CT molecular complexity index is 689. The Balaban J connectivity index is 1.60. The molecule has 3 heterocycles. The van der Waals surface area contributed by atoms with Crippen LogP contribution in [0, 0.1) is 0 Å². The van der Waals surface area contributed by atoms with Gasteiger partial charge in [0, 0.05) is 11.1 Å². The highest BCUT2D eigenvalue weighted by atomic mass is 32.1. The van der Waals surface area contributed by atoms with Crippen LogP contribution in [-0.2, 0) is 13.0 Å². The molecule has 3 rings (SSSR count). The van der Waals surface area contributed by atoms with E-state index in [2.05, 4.69) is 34.3 Å². The van der Waals surface area contributed by atoms with Crippen molar-refractivity contribution in [2.45, 2.75) is 32.9 Å². The fourth-order valence-electron chi connectivity index (χ4n) is 1.85. The molecular weight excluding hydrogens is 288 g/mol. The summed E-state index contributed by atoms with van der Waals surface area (Å²) in [6.45, 7) is 4.70. The van der Waals surface area contributed by atoms with E-state index < -0.39 is 0 Å². The minimum Gasteiger partial charge on any atom is -0.461 e. The van der Waals surface area contributed by atoms with Gasteiger partial charge in [0.1, 0.15) is 5.01 Å². The summed E-state index contributed by atoms with van der Waals surface area (Å²) in [5.41, 5.74) is 0. The maximum atomic E-state index is 5.23. The number of aromatic nitrogens is 3. The SMILES string of the molecule is CCc1cnc([C@@H](C)NCc2nc(-c3ccco3)no2)s1. The van der Waals surface area contributed by atoms with Gasteiger partial charge in [0.05, 0.1) is 18.8 Å². The Labute approximate surface area is 126 Å². The van der Waals surface area contributed by atoms with Crippen molar-refractivity contribution in [1.29, 1.82) is 0 Å². The molecule has 0 saturated heterocycles. The summed E-state index contributed by atoms with van der Waals surface area (Å²) in [6, 6.07) is 3.74. The van der Waals surface area contributed by atoms with Crippen LogP contribution in [0.2, 0.25) is 0 Å². The first-order chi connectivity index (χ1) is 10.3. The van der Waals surface area contributed by atoms with Gasteiger partial charge in [-0.05, 0) is 25.5 Å². The van der Waals surface area contributed by atoms with E-state index in [4.69, 9.17) is 8.94 Å². The first-order valence-corrected chi connectivity index (χ1v) is 7.62. The zero-order chi connectivity index (χ0) is 14.7. The Morgan fingerprint density at radius 2 is 2.33 bits per heavy atom.